The molecule has 1 atom stereocenters. The average molecular weight is 388 g/mol. The number of nitrogens with two attached hydrogens (primary N) is 1. The average Bonchev–Trinajstić information content (AvgIpc) is 2.50. The Bertz CT molecular complexity index is 724. The number of hydrogen-bond acceptors (Lipinski definition) is 1. The minimum absolute atomic E-state index is 0.0235. The van der Waals surface area contributed by atoms with Crippen LogP contribution in [0.15, 0.2) is 40.9 Å². The van der Waals surface area contributed by atoms with Crippen molar-refractivity contribution in [1.82, 2.24) is 0 Å². The Kier molecular flexibility index (Phi) is 5.79. The number of carbonyl (C=O) groups excluding carboxylic acids is 1. The van der Waals surface area contributed by atoms with E-state index < -0.39 is 17.5 Å². The number of halogens is 4. The summed E-state index contributed by atoms with van der Waals surface area (Å²) in [6, 6.07) is 7.69. The van der Waals surface area contributed by atoms with Gasteiger partial charge < -0.3 is 10.6 Å². The second-order valence-corrected chi connectivity index (χ2v) is 5.99. The van der Waals surface area contributed by atoms with E-state index in [0.29, 0.717) is 10.0 Å². The quantitative estimate of drug-likeness (QED) is 0.813. The van der Waals surface area contributed by atoms with Gasteiger partial charge in [-0.05, 0) is 43.3 Å². The van der Waals surface area contributed by atoms with E-state index in [0.717, 1.165) is 12.1 Å². The van der Waals surface area contributed by atoms with E-state index in [1.165, 1.54) is 18.2 Å². The van der Waals surface area contributed by atoms with Crippen molar-refractivity contribution in [2.24, 2.45) is 0 Å². The van der Waals surface area contributed by atoms with Crippen LogP contribution in [0, 0.1) is 17.5 Å². The van der Waals surface area contributed by atoms with E-state index in [1.807, 2.05) is 0 Å². The number of benzene rings is 2. The Labute approximate surface area is 140 Å². The first-order chi connectivity index (χ1) is 10.9. The third kappa shape index (κ3) is 4.80. The van der Waals surface area contributed by atoms with Crippen molar-refractivity contribution in [1.29, 1.82) is 0 Å². The number of amides is 1. The van der Waals surface area contributed by atoms with Crippen LogP contribution < -0.4 is 10.6 Å². The van der Waals surface area contributed by atoms with Gasteiger partial charge >= 0.3 is 0 Å². The fourth-order valence-electron chi connectivity index (χ4n) is 2.01. The van der Waals surface area contributed by atoms with Crippen LogP contribution in [-0.2, 0) is 4.79 Å². The van der Waals surface area contributed by atoms with Crippen LogP contribution in [0.5, 0.6) is 0 Å². The Morgan fingerprint density at radius 3 is 2.52 bits per heavy atom. The maximum atomic E-state index is 13.6. The number of hydrogen-bond donors (Lipinski definition) is 2. The van der Waals surface area contributed by atoms with Crippen LogP contribution in [-0.4, -0.2) is 12.5 Å². The van der Waals surface area contributed by atoms with E-state index in [2.05, 4.69) is 21.2 Å². The highest BCUT2D eigenvalue weighted by molar-refractivity contribution is 9.10. The molecular weight excluding hydrogens is 373 g/mol. The third-order valence-electron chi connectivity index (χ3n) is 3.33. The first-order valence-corrected chi connectivity index (χ1v) is 7.69. The topological polar surface area (TPSA) is 45.7 Å². The highest BCUT2D eigenvalue weighted by Crippen LogP contribution is 2.19. The summed E-state index contributed by atoms with van der Waals surface area (Å²) in [6.07, 6.45) is 0. The molecule has 1 amide bonds. The lowest BCUT2D eigenvalue weighted by Crippen LogP contribution is -2.86. The Morgan fingerprint density at radius 2 is 1.87 bits per heavy atom. The molecule has 0 saturated carbocycles. The molecule has 2 aromatic carbocycles. The lowest BCUT2D eigenvalue weighted by atomic mass is 10.1. The van der Waals surface area contributed by atoms with E-state index in [9.17, 15) is 18.0 Å². The zero-order chi connectivity index (χ0) is 17.0. The molecule has 2 rings (SSSR count). The molecule has 2 aromatic rings. The van der Waals surface area contributed by atoms with Gasteiger partial charge in [-0.15, -0.1) is 0 Å². The van der Waals surface area contributed by atoms with E-state index >= 15 is 0 Å². The lowest BCUT2D eigenvalue weighted by Gasteiger charge is -2.12. The summed E-state index contributed by atoms with van der Waals surface area (Å²) in [4.78, 5) is 11.9. The maximum Gasteiger partial charge on any atom is 0.279 e. The summed E-state index contributed by atoms with van der Waals surface area (Å²) in [5, 5.41) is 4.12. The SMILES string of the molecule is C[C@@H]([NH2+]CC(=O)Nc1ccc(Br)cc1F)c1ccc(F)c(F)c1. The van der Waals surface area contributed by atoms with Gasteiger partial charge in [-0.2, -0.15) is 0 Å². The molecule has 0 radical (unpaired) electrons. The van der Waals surface area contributed by atoms with Crippen molar-refractivity contribution >= 4 is 27.5 Å². The van der Waals surface area contributed by atoms with Gasteiger partial charge in [0.15, 0.2) is 18.2 Å². The molecule has 0 saturated heterocycles. The zero-order valence-electron chi connectivity index (χ0n) is 12.2. The second-order valence-electron chi connectivity index (χ2n) is 5.07. The third-order valence-corrected chi connectivity index (χ3v) is 3.82. The predicted octanol–water partition coefficient (Wildman–Crippen LogP) is 3.13. The number of rotatable bonds is 5. The molecule has 0 aliphatic rings. The van der Waals surface area contributed by atoms with Crippen LogP contribution in [0.1, 0.15) is 18.5 Å². The second kappa shape index (κ2) is 7.61. The molecule has 0 heterocycles. The van der Waals surface area contributed by atoms with Gasteiger partial charge in [0.1, 0.15) is 11.9 Å². The maximum absolute atomic E-state index is 13.6. The highest BCUT2D eigenvalue weighted by Gasteiger charge is 2.14. The first-order valence-electron chi connectivity index (χ1n) is 6.90. The summed E-state index contributed by atoms with van der Waals surface area (Å²) in [5.74, 6) is -2.77. The molecule has 122 valence electrons. The van der Waals surface area contributed by atoms with Gasteiger partial charge in [0.25, 0.3) is 5.91 Å². The summed E-state index contributed by atoms with van der Waals surface area (Å²) in [6.45, 7) is 1.79. The normalized spacial score (nSPS) is 12.0. The van der Waals surface area contributed by atoms with Crippen molar-refractivity contribution in [2.45, 2.75) is 13.0 Å². The number of carbonyl (C=O) groups is 1. The number of quaternary nitrogens is 1. The molecule has 0 spiro atoms. The minimum atomic E-state index is -0.927. The predicted molar refractivity (Wildman–Crippen MR) is 84.3 cm³/mol. The first kappa shape index (κ1) is 17.5. The molecule has 0 bridgehead atoms. The molecule has 0 aliphatic carbocycles. The summed E-state index contributed by atoms with van der Waals surface area (Å²) < 4.78 is 40.3. The van der Waals surface area contributed by atoms with Gasteiger partial charge in [-0.25, -0.2) is 13.2 Å². The molecular formula is C16H15BrF3N2O+. The summed E-state index contributed by atoms with van der Waals surface area (Å²) in [7, 11) is 0. The van der Waals surface area contributed by atoms with Crippen LogP contribution in [0.2, 0.25) is 0 Å². The van der Waals surface area contributed by atoms with Crippen molar-refractivity contribution in [3.63, 3.8) is 0 Å². The Balaban J connectivity index is 1.91. The van der Waals surface area contributed by atoms with Gasteiger partial charge in [-0.1, -0.05) is 15.9 Å². The van der Waals surface area contributed by atoms with Crippen LogP contribution in [0.3, 0.4) is 0 Å². The monoisotopic (exact) mass is 387 g/mol. The van der Waals surface area contributed by atoms with Crippen molar-refractivity contribution in [3.8, 4) is 0 Å². The van der Waals surface area contributed by atoms with Crippen molar-refractivity contribution < 1.29 is 23.3 Å². The molecule has 0 aromatic heterocycles. The highest BCUT2D eigenvalue weighted by atomic mass is 79.9. The van der Waals surface area contributed by atoms with E-state index in [-0.39, 0.29) is 24.2 Å². The standard InChI is InChI=1S/C16H14BrF3N2O/c1-9(10-2-4-12(18)13(19)6-10)21-8-16(23)22-15-5-3-11(17)7-14(15)20/h2-7,9,21H,8H2,1H3,(H,22,23)/p+1/t9-/m1/s1. The van der Waals surface area contributed by atoms with Crippen molar-refractivity contribution in [3.05, 3.63) is 63.9 Å². The molecule has 0 aliphatic heterocycles. The summed E-state index contributed by atoms with van der Waals surface area (Å²) >= 11 is 3.13. The molecule has 3 N–H and O–H groups in total. The smallest absolute Gasteiger partial charge is 0.279 e. The molecule has 3 nitrogen and oxygen atoms in total. The number of nitrogens with one attached hydrogen (secondary N) is 1. The Morgan fingerprint density at radius 1 is 1.13 bits per heavy atom. The molecule has 0 unspecified atom stereocenters. The number of anilines is 1. The van der Waals surface area contributed by atoms with Crippen LogP contribution in [0.25, 0.3) is 0 Å². The zero-order valence-corrected chi connectivity index (χ0v) is 13.8. The molecule has 0 fully saturated rings. The Hall–Kier alpha value is -1.86. The van der Waals surface area contributed by atoms with E-state index in [1.54, 1.807) is 18.3 Å². The fourth-order valence-corrected chi connectivity index (χ4v) is 2.34. The van der Waals surface area contributed by atoms with Crippen molar-refractivity contribution in [2.75, 3.05) is 11.9 Å². The minimum Gasteiger partial charge on any atom is -0.333 e. The van der Waals surface area contributed by atoms with Gasteiger partial charge in [0, 0.05) is 10.0 Å². The molecule has 7 heteroatoms. The van der Waals surface area contributed by atoms with Gasteiger partial charge in [-0.3, -0.25) is 4.79 Å². The molecule has 23 heavy (non-hydrogen) atoms. The largest absolute Gasteiger partial charge is 0.333 e. The van der Waals surface area contributed by atoms with Crippen LogP contribution >= 0.6 is 15.9 Å². The van der Waals surface area contributed by atoms with E-state index in [4.69, 9.17) is 0 Å². The summed E-state index contributed by atoms with van der Waals surface area (Å²) in [5.41, 5.74) is 0.651. The van der Waals surface area contributed by atoms with Gasteiger partial charge in [0.2, 0.25) is 0 Å². The lowest BCUT2D eigenvalue weighted by molar-refractivity contribution is -0.682. The van der Waals surface area contributed by atoms with Crippen LogP contribution in [0.4, 0.5) is 18.9 Å². The fraction of sp³-hybridized carbons (Fsp3) is 0.188. The van der Waals surface area contributed by atoms with Gasteiger partial charge in [0.05, 0.1) is 5.69 Å².